The van der Waals surface area contributed by atoms with Gasteiger partial charge in [-0.3, -0.25) is 13.9 Å². The third-order valence-corrected chi connectivity index (χ3v) is 7.51. The van der Waals surface area contributed by atoms with Crippen LogP contribution in [-0.4, -0.2) is 42.0 Å². The topological polar surface area (TPSA) is 139 Å². The fraction of sp³-hybridized carbons (Fsp3) is 0.269. The number of halogens is 1. The van der Waals surface area contributed by atoms with Crippen molar-refractivity contribution in [1.29, 1.82) is 5.26 Å². The lowest BCUT2D eigenvalue weighted by atomic mass is 10.1. The predicted molar refractivity (Wildman–Crippen MR) is 143 cm³/mol. The Bertz CT molecular complexity index is 1850. The van der Waals surface area contributed by atoms with Gasteiger partial charge in [0.1, 0.15) is 22.5 Å². The number of nitriles is 1. The van der Waals surface area contributed by atoms with Crippen molar-refractivity contribution in [2.24, 2.45) is 5.73 Å². The number of hydrogen-bond acceptors (Lipinski definition) is 8. The van der Waals surface area contributed by atoms with Gasteiger partial charge in [0.2, 0.25) is 0 Å². The Morgan fingerprint density at radius 1 is 1.16 bits per heavy atom. The number of aromatic amines is 1. The van der Waals surface area contributed by atoms with Gasteiger partial charge in [0.05, 0.1) is 41.8 Å². The first-order valence-electron chi connectivity index (χ1n) is 12.2. The number of aromatic nitrogens is 5. The summed E-state index contributed by atoms with van der Waals surface area (Å²) in [5.74, 6) is 0.141. The molecule has 38 heavy (non-hydrogen) atoms. The quantitative estimate of drug-likeness (QED) is 0.356. The number of nitrogens with two attached hydrogens (primary N) is 1. The van der Waals surface area contributed by atoms with Gasteiger partial charge in [0.25, 0.3) is 5.56 Å². The molecule has 1 aliphatic rings. The summed E-state index contributed by atoms with van der Waals surface area (Å²) in [5.41, 5.74) is 7.50. The molecule has 0 bridgehead atoms. The highest BCUT2D eigenvalue weighted by atomic mass is 32.1. The van der Waals surface area contributed by atoms with Crippen LogP contribution in [0.4, 0.5) is 10.2 Å². The first-order chi connectivity index (χ1) is 18.4. The summed E-state index contributed by atoms with van der Waals surface area (Å²) in [4.78, 5) is 32.8. The zero-order valence-corrected chi connectivity index (χ0v) is 21.0. The van der Waals surface area contributed by atoms with Gasteiger partial charge in [-0.25, -0.2) is 9.18 Å². The van der Waals surface area contributed by atoms with E-state index in [1.165, 1.54) is 10.6 Å². The normalized spacial score (nSPS) is 15.8. The third-order valence-electron chi connectivity index (χ3n) is 6.97. The minimum atomic E-state index is -0.573. The number of benzene rings is 2. The van der Waals surface area contributed by atoms with Crippen LogP contribution in [0.3, 0.4) is 0 Å². The summed E-state index contributed by atoms with van der Waals surface area (Å²) < 4.78 is 25.2. The third kappa shape index (κ3) is 4.15. The van der Waals surface area contributed by atoms with Crippen LogP contribution in [0, 0.1) is 17.1 Å². The number of fused-ring (bicyclic) bond motifs is 2. The Balaban J connectivity index is 1.53. The van der Waals surface area contributed by atoms with Gasteiger partial charge >= 0.3 is 5.69 Å². The molecule has 0 unspecified atom stereocenters. The zero-order chi connectivity index (χ0) is 26.4. The molecule has 12 heteroatoms. The Morgan fingerprint density at radius 3 is 2.82 bits per heavy atom. The zero-order valence-electron chi connectivity index (χ0n) is 20.2. The van der Waals surface area contributed by atoms with E-state index >= 15 is 0 Å². The summed E-state index contributed by atoms with van der Waals surface area (Å²) in [5, 5.41) is 9.93. The molecule has 3 N–H and O–H groups in total. The molecule has 6 rings (SSSR count). The molecule has 3 aromatic heterocycles. The predicted octanol–water partition coefficient (Wildman–Crippen LogP) is 2.53. The van der Waals surface area contributed by atoms with Gasteiger partial charge in [-0.05, 0) is 48.2 Å². The smallest absolute Gasteiger partial charge is 0.333 e. The molecule has 1 aliphatic heterocycles. The molecule has 1 atom stereocenters. The minimum Gasteiger partial charge on any atom is -0.357 e. The van der Waals surface area contributed by atoms with Crippen LogP contribution in [0.15, 0.2) is 52.1 Å². The molecule has 0 spiro atoms. The fourth-order valence-electron chi connectivity index (χ4n) is 5.08. The molecule has 192 valence electrons. The molecule has 4 heterocycles. The van der Waals surface area contributed by atoms with E-state index in [-0.39, 0.29) is 24.6 Å². The van der Waals surface area contributed by atoms with E-state index in [1.807, 2.05) is 0 Å². The Kier molecular flexibility index (Phi) is 6.01. The monoisotopic (exact) mass is 530 g/mol. The van der Waals surface area contributed by atoms with Crippen molar-refractivity contribution >= 4 is 39.6 Å². The van der Waals surface area contributed by atoms with Crippen molar-refractivity contribution in [2.75, 3.05) is 18.0 Å². The Hall–Kier alpha value is -4.34. The van der Waals surface area contributed by atoms with Crippen molar-refractivity contribution in [2.45, 2.75) is 32.0 Å². The maximum atomic E-state index is 14.6. The second-order valence-electron chi connectivity index (χ2n) is 9.50. The van der Waals surface area contributed by atoms with Gasteiger partial charge in [-0.2, -0.15) is 14.0 Å². The number of piperidine rings is 1. The molecule has 1 saturated heterocycles. The van der Waals surface area contributed by atoms with Gasteiger partial charge in [0, 0.05) is 19.1 Å². The maximum Gasteiger partial charge on any atom is 0.333 e. The van der Waals surface area contributed by atoms with Gasteiger partial charge in [0.15, 0.2) is 5.82 Å². The summed E-state index contributed by atoms with van der Waals surface area (Å²) in [7, 11) is 0. The lowest BCUT2D eigenvalue weighted by Gasteiger charge is -2.31. The Morgan fingerprint density at radius 2 is 2.00 bits per heavy atom. The van der Waals surface area contributed by atoms with Crippen molar-refractivity contribution in [3.8, 4) is 6.07 Å². The molecule has 5 aromatic rings. The highest BCUT2D eigenvalue weighted by Crippen LogP contribution is 2.23. The van der Waals surface area contributed by atoms with Crippen LogP contribution in [0.2, 0.25) is 0 Å². The maximum absolute atomic E-state index is 14.6. The molecule has 10 nitrogen and oxygen atoms in total. The van der Waals surface area contributed by atoms with Gasteiger partial charge in [-0.15, -0.1) is 0 Å². The van der Waals surface area contributed by atoms with E-state index in [9.17, 15) is 19.2 Å². The van der Waals surface area contributed by atoms with Crippen LogP contribution in [-0.2, 0) is 13.1 Å². The number of nitrogens with one attached hydrogen (secondary N) is 1. The van der Waals surface area contributed by atoms with Crippen LogP contribution < -0.4 is 21.9 Å². The van der Waals surface area contributed by atoms with Gasteiger partial charge < -0.3 is 15.6 Å². The number of anilines is 1. The minimum absolute atomic E-state index is 0.0153. The van der Waals surface area contributed by atoms with Crippen molar-refractivity contribution < 1.29 is 4.39 Å². The summed E-state index contributed by atoms with van der Waals surface area (Å²) in [6, 6.07) is 13.8. The molecule has 0 aliphatic carbocycles. The van der Waals surface area contributed by atoms with E-state index in [1.54, 1.807) is 36.4 Å². The average molecular weight is 531 g/mol. The fourth-order valence-corrected chi connectivity index (χ4v) is 5.61. The lowest BCUT2D eigenvalue weighted by Crippen LogP contribution is -2.43. The second-order valence-corrected chi connectivity index (χ2v) is 10.0. The lowest BCUT2D eigenvalue weighted by molar-refractivity contribution is 0.504. The van der Waals surface area contributed by atoms with Crippen molar-refractivity contribution in [3.05, 3.63) is 85.8 Å². The first kappa shape index (κ1) is 24.0. The summed E-state index contributed by atoms with van der Waals surface area (Å²) in [6.07, 6.45) is 1.84. The number of rotatable bonds is 5. The van der Waals surface area contributed by atoms with Crippen molar-refractivity contribution in [3.63, 3.8) is 0 Å². The van der Waals surface area contributed by atoms with Crippen molar-refractivity contribution in [1.82, 2.24) is 22.9 Å². The summed E-state index contributed by atoms with van der Waals surface area (Å²) >= 11 is 0.895. The van der Waals surface area contributed by atoms with Gasteiger partial charge in [-0.1, -0.05) is 18.2 Å². The molecule has 0 saturated carbocycles. The molecule has 2 aromatic carbocycles. The highest BCUT2D eigenvalue weighted by molar-refractivity contribution is 7.00. The van der Waals surface area contributed by atoms with E-state index in [0.29, 0.717) is 45.6 Å². The average Bonchev–Trinajstić information content (AvgIpc) is 3.57. The highest BCUT2D eigenvalue weighted by Gasteiger charge is 2.23. The van der Waals surface area contributed by atoms with Crippen LogP contribution in [0.5, 0.6) is 0 Å². The summed E-state index contributed by atoms with van der Waals surface area (Å²) in [6.45, 7) is 1.33. The van der Waals surface area contributed by atoms with E-state index in [4.69, 9.17) is 5.73 Å². The number of hydrogen-bond donors (Lipinski definition) is 2. The number of H-pyrrole nitrogens is 1. The largest absolute Gasteiger partial charge is 0.357 e. The standard InChI is InChI=1S/C26H23FN8O2S/c27-20-8-15(9-21-23(20)32-38-31-21)12-35-25(36)19-10-22(33-7-3-6-18(29)14-33)30-24(19)34(26(35)37)13-17-5-2-1-4-16(17)11-28/h1-2,4-5,8-10,18,30H,3,6-7,12-14,29H2/t18-/m1/s1. The number of nitrogens with zero attached hydrogens (tertiary/aromatic N) is 6. The van der Waals surface area contributed by atoms with E-state index in [0.717, 1.165) is 35.7 Å². The van der Waals surface area contributed by atoms with Crippen LogP contribution >= 0.6 is 11.7 Å². The molecule has 0 radical (unpaired) electrons. The molecular weight excluding hydrogens is 507 g/mol. The molecule has 1 fully saturated rings. The van der Waals surface area contributed by atoms with Crippen LogP contribution in [0.25, 0.3) is 22.1 Å². The SMILES string of the molecule is N#Cc1ccccc1Cn1c(=O)n(Cc2cc(F)c3nsnc3c2)c(=O)c2cc(N3CCC[C@@H](N)C3)[nH]c21. The van der Waals surface area contributed by atoms with E-state index < -0.39 is 17.1 Å². The second kappa shape index (κ2) is 9.51. The first-order valence-corrected chi connectivity index (χ1v) is 12.9. The molecule has 0 amide bonds. The molecular formula is C26H23FN8O2S. The Labute approximate surface area is 219 Å². The van der Waals surface area contributed by atoms with Crippen LogP contribution in [0.1, 0.15) is 29.5 Å². The van der Waals surface area contributed by atoms with E-state index in [2.05, 4.69) is 24.7 Å².